The van der Waals surface area contributed by atoms with Gasteiger partial charge in [-0.3, -0.25) is 14.9 Å². The van der Waals surface area contributed by atoms with Crippen LogP contribution >= 0.6 is 11.8 Å². The molecule has 1 unspecified atom stereocenters. The second kappa shape index (κ2) is 6.58. The van der Waals surface area contributed by atoms with Crippen molar-refractivity contribution in [1.82, 2.24) is 5.32 Å². The number of methoxy groups -OCH3 is 1. The van der Waals surface area contributed by atoms with Crippen LogP contribution in [0.1, 0.15) is 0 Å². The first kappa shape index (κ1) is 14.6. The van der Waals surface area contributed by atoms with Crippen LogP contribution in [0, 0.1) is 10.1 Å². The third kappa shape index (κ3) is 3.40. The molecule has 8 heteroatoms. The molecule has 1 saturated heterocycles. The van der Waals surface area contributed by atoms with Crippen LogP contribution in [-0.4, -0.2) is 42.0 Å². The molecule has 1 heterocycles. The van der Waals surface area contributed by atoms with Crippen molar-refractivity contribution in [2.24, 2.45) is 0 Å². The second-order valence-electron chi connectivity index (χ2n) is 4.21. The number of hydrogen-bond acceptors (Lipinski definition) is 6. The average molecular weight is 297 g/mol. The van der Waals surface area contributed by atoms with Crippen molar-refractivity contribution in [2.45, 2.75) is 6.04 Å². The number of amides is 1. The number of hydrogen-bond donors (Lipinski definition) is 2. The number of carbonyl (C=O) groups is 1. The molecule has 1 aliphatic rings. The number of carbonyl (C=O) groups excluding carboxylic acids is 1. The van der Waals surface area contributed by atoms with E-state index in [0.717, 1.165) is 12.3 Å². The molecule has 0 spiro atoms. The number of nitro benzene ring substituents is 1. The average Bonchev–Trinajstić information content (AvgIpc) is 2.48. The molecule has 0 radical (unpaired) electrons. The number of nitro groups is 1. The molecule has 2 rings (SSSR count). The minimum absolute atomic E-state index is 0.179. The fraction of sp³-hybridized carbons (Fsp3) is 0.417. The van der Waals surface area contributed by atoms with Crippen LogP contribution in [0.15, 0.2) is 18.2 Å². The lowest BCUT2D eigenvalue weighted by atomic mass is 10.2. The molecule has 0 aliphatic carbocycles. The number of ether oxygens (including phenoxy) is 1. The van der Waals surface area contributed by atoms with Crippen LogP contribution in [0.5, 0.6) is 5.75 Å². The molecule has 1 atom stereocenters. The molecule has 0 bridgehead atoms. The van der Waals surface area contributed by atoms with Crippen LogP contribution in [-0.2, 0) is 4.79 Å². The summed E-state index contributed by atoms with van der Waals surface area (Å²) in [5.74, 6) is 1.74. The van der Waals surface area contributed by atoms with Gasteiger partial charge in [-0.05, 0) is 12.1 Å². The smallest absolute Gasteiger partial charge is 0.296 e. The number of thioether (sulfide) groups is 1. The van der Waals surface area contributed by atoms with Gasteiger partial charge < -0.3 is 15.4 Å². The lowest BCUT2D eigenvalue weighted by Crippen LogP contribution is -2.46. The lowest BCUT2D eigenvalue weighted by molar-refractivity contribution is -0.384. The van der Waals surface area contributed by atoms with Gasteiger partial charge in [-0.25, -0.2) is 0 Å². The summed E-state index contributed by atoms with van der Waals surface area (Å²) in [6, 6.07) is 4.02. The van der Waals surface area contributed by atoms with Gasteiger partial charge in [-0.1, -0.05) is 0 Å². The third-order valence-electron chi connectivity index (χ3n) is 2.90. The van der Waals surface area contributed by atoms with Gasteiger partial charge in [-0.15, -0.1) is 0 Å². The van der Waals surface area contributed by atoms with Crippen molar-refractivity contribution in [3.8, 4) is 5.75 Å². The Morgan fingerprint density at radius 1 is 1.60 bits per heavy atom. The molecule has 20 heavy (non-hydrogen) atoms. The normalized spacial score (nSPS) is 18.4. The maximum absolute atomic E-state index is 12.1. The molecular formula is C12H15N3O4S. The first-order valence-corrected chi connectivity index (χ1v) is 7.21. The van der Waals surface area contributed by atoms with Gasteiger partial charge in [0.25, 0.3) is 5.69 Å². The highest BCUT2D eigenvalue weighted by molar-refractivity contribution is 7.99. The van der Waals surface area contributed by atoms with E-state index in [1.54, 1.807) is 17.8 Å². The minimum Gasteiger partial charge on any atom is -0.496 e. The SMILES string of the molecule is COc1ccc(NC(=O)C2CSCCN2)c([N+](=O)[O-])c1. The molecule has 1 fully saturated rings. The molecule has 0 aromatic heterocycles. The Labute approximate surface area is 120 Å². The van der Waals surface area contributed by atoms with Crippen molar-refractivity contribution in [3.05, 3.63) is 28.3 Å². The Hall–Kier alpha value is -1.80. The fourth-order valence-corrected chi connectivity index (χ4v) is 2.78. The summed E-state index contributed by atoms with van der Waals surface area (Å²) in [5, 5.41) is 16.7. The van der Waals surface area contributed by atoms with Crippen LogP contribution in [0.4, 0.5) is 11.4 Å². The van der Waals surface area contributed by atoms with Crippen LogP contribution in [0.25, 0.3) is 0 Å². The van der Waals surface area contributed by atoms with Gasteiger partial charge >= 0.3 is 0 Å². The van der Waals surface area contributed by atoms with E-state index in [2.05, 4.69) is 10.6 Å². The van der Waals surface area contributed by atoms with E-state index in [0.29, 0.717) is 11.5 Å². The van der Waals surface area contributed by atoms with Crippen molar-refractivity contribution in [2.75, 3.05) is 30.5 Å². The number of rotatable bonds is 4. The Morgan fingerprint density at radius 3 is 3.00 bits per heavy atom. The molecule has 7 nitrogen and oxygen atoms in total. The Kier molecular flexibility index (Phi) is 4.80. The standard InChI is InChI=1S/C12H15N3O4S/c1-19-8-2-3-9(11(6-8)15(17)18)14-12(16)10-7-20-5-4-13-10/h2-3,6,10,13H,4-5,7H2,1H3,(H,14,16). The van der Waals surface area contributed by atoms with Gasteiger partial charge in [0.05, 0.1) is 24.1 Å². The van der Waals surface area contributed by atoms with Crippen molar-refractivity contribution < 1.29 is 14.5 Å². The summed E-state index contributed by atoms with van der Waals surface area (Å²) >= 11 is 1.68. The van der Waals surface area contributed by atoms with Crippen molar-refractivity contribution >= 4 is 29.0 Å². The topological polar surface area (TPSA) is 93.5 Å². The van der Waals surface area contributed by atoms with Gasteiger partial charge in [-0.2, -0.15) is 11.8 Å². The molecule has 1 amide bonds. The summed E-state index contributed by atoms with van der Waals surface area (Å²) in [6.07, 6.45) is 0. The summed E-state index contributed by atoms with van der Waals surface area (Å²) in [7, 11) is 1.43. The van der Waals surface area contributed by atoms with Crippen LogP contribution < -0.4 is 15.4 Å². The van der Waals surface area contributed by atoms with E-state index in [4.69, 9.17) is 4.74 Å². The monoisotopic (exact) mass is 297 g/mol. The number of benzene rings is 1. The van der Waals surface area contributed by atoms with Crippen LogP contribution in [0.2, 0.25) is 0 Å². The van der Waals surface area contributed by atoms with E-state index in [9.17, 15) is 14.9 Å². The molecular weight excluding hydrogens is 282 g/mol. The largest absolute Gasteiger partial charge is 0.496 e. The fourth-order valence-electron chi connectivity index (χ4n) is 1.85. The third-order valence-corrected chi connectivity index (χ3v) is 3.96. The highest BCUT2D eigenvalue weighted by Gasteiger charge is 2.24. The zero-order valence-electron chi connectivity index (χ0n) is 10.9. The summed E-state index contributed by atoms with van der Waals surface area (Å²) in [4.78, 5) is 22.5. The molecule has 1 aromatic carbocycles. The Bertz CT molecular complexity index is 517. The molecule has 108 valence electrons. The summed E-state index contributed by atoms with van der Waals surface area (Å²) in [5.41, 5.74) is -0.000615. The number of nitrogens with zero attached hydrogens (tertiary/aromatic N) is 1. The highest BCUT2D eigenvalue weighted by Crippen LogP contribution is 2.29. The quantitative estimate of drug-likeness (QED) is 0.641. The predicted molar refractivity (Wildman–Crippen MR) is 77.4 cm³/mol. The van der Waals surface area contributed by atoms with Crippen molar-refractivity contribution in [1.29, 1.82) is 0 Å². The van der Waals surface area contributed by atoms with E-state index in [-0.39, 0.29) is 23.3 Å². The Morgan fingerprint density at radius 2 is 2.40 bits per heavy atom. The zero-order valence-corrected chi connectivity index (χ0v) is 11.7. The van der Waals surface area contributed by atoms with Gasteiger partial charge in [0, 0.05) is 18.1 Å². The maximum atomic E-state index is 12.1. The number of anilines is 1. The van der Waals surface area contributed by atoms with Gasteiger partial charge in [0.15, 0.2) is 0 Å². The summed E-state index contributed by atoms with van der Waals surface area (Å²) < 4.78 is 4.95. The first-order valence-electron chi connectivity index (χ1n) is 6.06. The van der Waals surface area contributed by atoms with Crippen LogP contribution in [0.3, 0.4) is 0 Å². The first-order chi connectivity index (χ1) is 9.61. The second-order valence-corrected chi connectivity index (χ2v) is 5.36. The maximum Gasteiger partial charge on any atom is 0.296 e. The molecule has 0 saturated carbocycles. The van der Waals surface area contributed by atoms with E-state index >= 15 is 0 Å². The van der Waals surface area contributed by atoms with Crippen molar-refractivity contribution in [3.63, 3.8) is 0 Å². The predicted octanol–water partition coefficient (Wildman–Crippen LogP) is 1.25. The zero-order chi connectivity index (χ0) is 14.5. The molecule has 1 aromatic rings. The summed E-state index contributed by atoms with van der Waals surface area (Å²) in [6.45, 7) is 0.757. The van der Waals surface area contributed by atoms with E-state index in [1.807, 2.05) is 0 Å². The van der Waals surface area contributed by atoms with E-state index < -0.39 is 4.92 Å². The molecule has 1 aliphatic heterocycles. The lowest BCUT2D eigenvalue weighted by Gasteiger charge is -2.22. The van der Waals surface area contributed by atoms with Gasteiger partial charge in [0.2, 0.25) is 5.91 Å². The van der Waals surface area contributed by atoms with E-state index in [1.165, 1.54) is 19.2 Å². The Balaban J connectivity index is 2.15. The minimum atomic E-state index is -0.540. The van der Waals surface area contributed by atoms with Gasteiger partial charge in [0.1, 0.15) is 11.4 Å². The number of nitrogens with one attached hydrogen (secondary N) is 2. The highest BCUT2D eigenvalue weighted by atomic mass is 32.2. The molecule has 2 N–H and O–H groups in total.